The van der Waals surface area contributed by atoms with Gasteiger partial charge in [0.15, 0.2) is 0 Å². The Labute approximate surface area is 163 Å². The molecular formula is C19H22FN3O4S. The van der Waals surface area contributed by atoms with Crippen molar-refractivity contribution >= 4 is 27.3 Å². The van der Waals surface area contributed by atoms with Gasteiger partial charge in [-0.3, -0.25) is 4.79 Å². The summed E-state index contributed by atoms with van der Waals surface area (Å²) in [4.78, 5) is 13.5. The summed E-state index contributed by atoms with van der Waals surface area (Å²) in [5, 5.41) is 2.59. The molecule has 9 heteroatoms. The van der Waals surface area contributed by atoms with Gasteiger partial charge in [-0.15, -0.1) is 0 Å². The quantitative estimate of drug-likeness (QED) is 0.823. The molecule has 1 fully saturated rings. The Morgan fingerprint density at radius 2 is 1.71 bits per heavy atom. The number of nitrogens with one attached hydrogen (secondary N) is 1. The number of benzene rings is 2. The molecule has 1 saturated heterocycles. The monoisotopic (exact) mass is 407 g/mol. The number of hydrogen-bond acceptors (Lipinski definition) is 5. The highest BCUT2D eigenvalue weighted by molar-refractivity contribution is 7.89. The van der Waals surface area contributed by atoms with E-state index in [1.165, 1.54) is 48.7 Å². The second kappa shape index (κ2) is 8.15. The number of amides is 1. The van der Waals surface area contributed by atoms with Crippen LogP contribution >= 0.6 is 0 Å². The smallest absolute Gasteiger partial charge is 0.243 e. The molecule has 2 aromatic rings. The maximum atomic E-state index is 13.1. The predicted octanol–water partition coefficient (Wildman–Crippen LogP) is 2.30. The number of nitrogens with zero attached hydrogens (tertiary/aromatic N) is 2. The minimum absolute atomic E-state index is 0.0901. The van der Waals surface area contributed by atoms with Crippen LogP contribution in [0.25, 0.3) is 0 Å². The highest BCUT2D eigenvalue weighted by Crippen LogP contribution is 2.29. The van der Waals surface area contributed by atoms with E-state index in [0.717, 1.165) is 5.69 Å². The minimum atomic E-state index is -3.72. The highest BCUT2D eigenvalue weighted by Gasteiger charge is 2.29. The third-order valence-electron chi connectivity index (χ3n) is 4.55. The van der Waals surface area contributed by atoms with Gasteiger partial charge in [-0.25, -0.2) is 12.8 Å². The van der Waals surface area contributed by atoms with E-state index in [0.29, 0.717) is 37.6 Å². The van der Waals surface area contributed by atoms with Crippen LogP contribution in [-0.4, -0.2) is 51.9 Å². The first kappa shape index (κ1) is 20.1. The average molecular weight is 407 g/mol. The molecular weight excluding hydrogens is 385 g/mol. The fourth-order valence-electron chi connectivity index (χ4n) is 3.12. The van der Waals surface area contributed by atoms with E-state index >= 15 is 0 Å². The van der Waals surface area contributed by atoms with Crippen LogP contribution in [0.1, 0.15) is 6.92 Å². The molecule has 1 amide bonds. The standard InChI is InChI=1S/C19H22FN3O4S/c1-14(24)21-18-13-17(7-8-19(18)27-2)28(25,26)23-11-9-22(10-12-23)16-5-3-15(20)4-6-16/h3-8,13H,9-12H2,1-2H3,(H,21,24). The van der Waals surface area contributed by atoms with Gasteiger partial charge in [0.1, 0.15) is 11.6 Å². The molecule has 0 bridgehead atoms. The number of halogens is 1. The van der Waals surface area contributed by atoms with Crippen LogP contribution < -0.4 is 15.0 Å². The largest absolute Gasteiger partial charge is 0.495 e. The molecule has 0 aliphatic carbocycles. The first-order valence-electron chi connectivity index (χ1n) is 8.77. The highest BCUT2D eigenvalue weighted by atomic mass is 32.2. The molecule has 1 aliphatic heterocycles. The number of ether oxygens (including phenoxy) is 1. The number of carbonyl (C=O) groups is 1. The molecule has 1 aliphatic rings. The Balaban J connectivity index is 1.76. The van der Waals surface area contributed by atoms with Crippen molar-refractivity contribution in [3.05, 3.63) is 48.3 Å². The molecule has 1 N–H and O–H groups in total. The van der Waals surface area contributed by atoms with E-state index in [1.54, 1.807) is 12.1 Å². The molecule has 7 nitrogen and oxygen atoms in total. The van der Waals surface area contributed by atoms with Crippen molar-refractivity contribution < 1.29 is 22.3 Å². The van der Waals surface area contributed by atoms with Gasteiger partial charge in [0.05, 0.1) is 17.7 Å². The molecule has 28 heavy (non-hydrogen) atoms. The molecule has 3 rings (SSSR count). The fourth-order valence-corrected chi connectivity index (χ4v) is 4.57. The normalized spacial score (nSPS) is 15.3. The SMILES string of the molecule is COc1ccc(S(=O)(=O)N2CCN(c3ccc(F)cc3)CC2)cc1NC(C)=O. The lowest BCUT2D eigenvalue weighted by Crippen LogP contribution is -2.48. The minimum Gasteiger partial charge on any atom is -0.495 e. The molecule has 150 valence electrons. The molecule has 0 aromatic heterocycles. The summed E-state index contributed by atoms with van der Waals surface area (Å²) in [6, 6.07) is 10.5. The zero-order valence-corrected chi connectivity index (χ0v) is 16.5. The lowest BCUT2D eigenvalue weighted by atomic mass is 10.2. The summed E-state index contributed by atoms with van der Waals surface area (Å²) >= 11 is 0. The van der Waals surface area contributed by atoms with Gasteiger partial charge >= 0.3 is 0 Å². The van der Waals surface area contributed by atoms with Crippen molar-refractivity contribution in [2.45, 2.75) is 11.8 Å². The van der Waals surface area contributed by atoms with Crippen molar-refractivity contribution in [1.82, 2.24) is 4.31 Å². The molecule has 0 spiro atoms. The van der Waals surface area contributed by atoms with Gasteiger partial charge in [-0.05, 0) is 42.5 Å². The lowest BCUT2D eigenvalue weighted by molar-refractivity contribution is -0.114. The molecule has 0 radical (unpaired) electrons. The zero-order valence-electron chi connectivity index (χ0n) is 15.7. The van der Waals surface area contributed by atoms with Crippen molar-refractivity contribution in [3.63, 3.8) is 0 Å². The van der Waals surface area contributed by atoms with Gasteiger partial charge in [-0.2, -0.15) is 4.31 Å². The summed E-state index contributed by atoms with van der Waals surface area (Å²) in [5.41, 5.74) is 1.16. The summed E-state index contributed by atoms with van der Waals surface area (Å²) < 4.78 is 45.7. The summed E-state index contributed by atoms with van der Waals surface area (Å²) in [6.45, 7) is 2.96. The van der Waals surface area contributed by atoms with Crippen molar-refractivity contribution in [2.75, 3.05) is 43.5 Å². The van der Waals surface area contributed by atoms with Gasteiger partial charge in [0.25, 0.3) is 0 Å². The molecule has 0 atom stereocenters. The Kier molecular flexibility index (Phi) is 5.85. The van der Waals surface area contributed by atoms with E-state index in [2.05, 4.69) is 5.32 Å². The Morgan fingerprint density at radius 3 is 2.29 bits per heavy atom. The summed E-state index contributed by atoms with van der Waals surface area (Å²) in [5.74, 6) is -0.240. The number of hydrogen-bond donors (Lipinski definition) is 1. The Morgan fingerprint density at radius 1 is 1.07 bits per heavy atom. The second-order valence-electron chi connectivity index (χ2n) is 6.41. The maximum Gasteiger partial charge on any atom is 0.243 e. The van der Waals surface area contributed by atoms with Crippen LogP contribution in [0, 0.1) is 5.82 Å². The number of carbonyl (C=O) groups excluding carboxylic acids is 1. The van der Waals surface area contributed by atoms with Gasteiger partial charge in [-0.1, -0.05) is 0 Å². The van der Waals surface area contributed by atoms with Crippen LogP contribution in [0.4, 0.5) is 15.8 Å². The number of anilines is 2. The third-order valence-corrected chi connectivity index (χ3v) is 6.44. The first-order chi connectivity index (χ1) is 13.3. The fraction of sp³-hybridized carbons (Fsp3) is 0.316. The number of sulfonamides is 1. The molecule has 0 saturated carbocycles. The maximum absolute atomic E-state index is 13.1. The van der Waals surface area contributed by atoms with E-state index in [-0.39, 0.29) is 16.6 Å². The van der Waals surface area contributed by atoms with E-state index in [1.807, 2.05) is 4.90 Å². The van der Waals surface area contributed by atoms with E-state index in [4.69, 9.17) is 4.74 Å². The Bertz CT molecular complexity index is 956. The van der Waals surface area contributed by atoms with Crippen LogP contribution in [0.3, 0.4) is 0 Å². The first-order valence-corrected chi connectivity index (χ1v) is 10.2. The topological polar surface area (TPSA) is 79.0 Å². The van der Waals surface area contributed by atoms with Crippen molar-refractivity contribution in [2.24, 2.45) is 0 Å². The van der Waals surface area contributed by atoms with Crippen LogP contribution in [0.2, 0.25) is 0 Å². The van der Waals surface area contributed by atoms with E-state index in [9.17, 15) is 17.6 Å². The van der Waals surface area contributed by atoms with Gasteiger partial charge in [0, 0.05) is 38.8 Å². The second-order valence-corrected chi connectivity index (χ2v) is 8.35. The Hall–Kier alpha value is -2.65. The van der Waals surface area contributed by atoms with Crippen LogP contribution in [-0.2, 0) is 14.8 Å². The number of methoxy groups -OCH3 is 1. The predicted molar refractivity (Wildman–Crippen MR) is 105 cm³/mol. The lowest BCUT2D eigenvalue weighted by Gasteiger charge is -2.35. The molecule has 0 unspecified atom stereocenters. The van der Waals surface area contributed by atoms with Crippen molar-refractivity contribution in [3.8, 4) is 5.75 Å². The number of rotatable bonds is 5. The van der Waals surface area contributed by atoms with Crippen LogP contribution in [0.5, 0.6) is 5.75 Å². The van der Waals surface area contributed by atoms with Crippen molar-refractivity contribution in [1.29, 1.82) is 0 Å². The van der Waals surface area contributed by atoms with Gasteiger partial charge in [0.2, 0.25) is 15.9 Å². The summed E-state index contributed by atoms with van der Waals surface area (Å²) in [6.07, 6.45) is 0. The molecule has 2 aromatic carbocycles. The van der Waals surface area contributed by atoms with Gasteiger partial charge < -0.3 is 15.0 Å². The third kappa shape index (κ3) is 4.26. The van der Waals surface area contributed by atoms with Crippen LogP contribution in [0.15, 0.2) is 47.4 Å². The average Bonchev–Trinajstić information content (AvgIpc) is 2.68. The zero-order chi connectivity index (χ0) is 20.3. The van der Waals surface area contributed by atoms with E-state index < -0.39 is 10.0 Å². The molecule has 1 heterocycles. The summed E-state index contributed by atoms with van der Waals surface area (Å²) in [7, 11) is -2.27. The number of piperazine rings is 1.